The van der Waals surface area contributed by atoms with Crippen LogP contribution in [0.5, 0.6) is 5.75 Å². The van der Waals surface area contributed by atoms with Crippen LogP contribution in [0, 0.1) is 13.8 Å². The highest BCUT2D eigenvalue weighted by molar-refractivity contribution is 5.90. The molecule has 0 bridgehead atoms. The van der Waals surface area contributed by atoms with Crippen LogP contribution >= 0.6 is 0 Å². The van der Waals surface area contributed by atoms with Crippen LogP contribution in [0.2, 0.25) is 0 Å². The third kappa shape index (κ3) is 3.46. The quantitative estimate of drug-likeness (QED) is 0.750. The fraction of sp³-hybridized carbons (Fsp3) is 0.263. The van der Waals surface area contributed by atoms with E-state index in [0.717, 1.165) is 4.57 Å². The second-order valence-corrected chi connectivity index (χ2v) is 6.29. The molecule has 0 saturated carbocycles. The minimum Gasteiger partial charge on any atom is -0.497 e. The average molecular weight is 368 g/mol. The van der Waals surface area contributed by atoms with E-state index in [1.807, 2.05) is 0 Å². The summed E-state index contributed by atoms with van der Waals surface area (Å²) in [6, 6.07) is 8.53. The van der Waals surface area contributed by atoms with Gasteiger partial charge in [-0.15, -0.1) is 0 Å². The number of carbonyl (C=O) groups excluding carboxylic acids is 1. The molecule has 0 saturated heterocycles. The molecule has 27 heavy (non-hydrogen) atoms. The minimum absolute atomic E-state index is 0.314. The molecule has 2 heterocycles. The molecule has 140 valence electrons. The molecule has 0 spiro atoms. The number of aromatic nitrogens is 3. The van der Waals surface area contributed by atoms with Crippen molar-refractivity contribution >= 4 is 22.6 Å². The summed E-state index contributed by atoms with van der Waals surface area (Å²) in [6.45, 7) is 3.19. The molecule has 0 radical (unpaired) electrons. The fourth-order valence-corrected chi connectivity index (χ4v) is 2.98. The Balaban J connectivity index is 1.98. The first-order chi connectivity index (χ1) is 12.8. The summed E-state index contributed by atoms with van der Waals surface area (Å²) in [5, 5.41) is 3.00. The molecule has 1 amide bonds. The summed E-state index contributed by atoms with van der Waals surface area (Å²) < 4.78 is 7.28. The van der Waals surface area contributed by atoms with Crippen molar-refractivity contribution in [1.29, 1.82) is 0 Å². The normalized spacial score (nSPS) is 10.8. The maximum atomic E-state index is 12.8. The number of anilines is 1. The van der Waals surface area contributed by atoms with Crippen molar-refractivity contribution in [3.8, 4) is 5.75 Å². The summed E-state index contributed by atoms with van der Waals surface area (Å²) in [5.74, 6) is 0.183. The molecule has 8 heteroatoms. The van der Waals surface area contributed by atoms with E-state index in [2.05, 4.69) is 10.3 Å². The average Bonchev–Trinajstić information content (AvgIpc) is 2.63. The second kappa shape index (κ2) is 7.06. The Labute approximate surface area is 155 Å². The van der Waals surface area contributed by atoms with Crippen LogP contribution in [0.15, 0.2) is 39.9 Å². The maximum Gasteiger partial charge on any atom is 0.332 e. The highest BCUT2D eigenvalue weighted by Gasteiger charge is 2.16. The summed E-state index contributed by atoms with van der Waals surface area (Å²) in [4.78, 5) is 42.1. The Morgan fingerprint density at radius 3 is 2.48 bits per heavy atom. The lowest BCUT2D eigenvalue weighted by Gasteiger charge is -2.12. The molecule has 8 nitrogen and oxygen atoms in total. The SMILES string of the molecule is COc1ccc(NC(=O)Cn2c(=O)c3c(C)cc(C)nc3n(C)c2=O)cc1. The van der Waals surface area contributed by atoms with Crippen LogP contribution in [-0.4, -0.2) is 27.1 Å². The fourth-order valence-electron chi connectivity index (χ4n) is 2.98. The third-order valence-corrected chi connectivity index (χ3v) is 4.30. The molecule has 1 N–H and O–H groups in total. The van der Waals surface area contributed by atoms with Crippen LogP contribution < -0.4 is 21.3 Å². The lowest BCUT2D eigenvalue weighted by atomic mass is 10.2. The number of carbonyl (C=O) groups is 1. The number of nitrogens with zero attached hydrogens (tertiary/aromatic N) is 3. The third-order valence-electron chi connectivity index (χ3n) is 4.30. The predicted octanol–water partition coefficient (Wildman–Crippen LogP) is 1.36. The standard InChI is InChI=1S/C19H20N4O4/c1-11-9-12(2)20-17-16(11)18(25)23(19(26)22(17)3)10-15(24)21-13-5-7-14(27-4)8-6-13/h5-9H,10H2,1-4H3,(H,21,24). The largest absolute Gasteiger partial charge is 0.497 e. The molecular weight excluding hydrogens is 348 g/mol. The van der Waals surface area contributed by atoms with Gasteiger partial charge in [0.05, 0.1) is 12.5 Å². The molecule has 0 aliphatic heterocycles. The molecule has 0 fully saturated rings. The van der Waals surface area contributed by atoms with Crippen molar-refractivity contribution in [3.05, 3.63) is 62.4 Å². The van der Waals surface area contributed by atoms with Crippen LogP contribution in [0.1, 0.15) is 11.3 Å². The zero-order chi connectivity index (χ0) is 19.7. The minimum atomic E-state index is -0.588. The molecule has 2 aromatic heterocycles. The van der Waals surface area contributed by atoms with Crippen molar-refractivity contribution < 1.29 is 9.53 Å². The molecule has 0 aliphatic carbocycles. The number of aryl methyl sites for hydroxylation is 3. The Morgan fingerprint density at radius 1 is 1.19 bits per heavy atom. The zero-order valence-electron chi connectivity index (χ0n) is 15.6. The van der Waals surface area contributed by atoms with E-state index in [9.17, 15) is 14.4 Å². The summed E-state index contributed by atoms with van der Waals surface area (Å²) in [6.07, 6.45) is 0. The number of pyridine rings is 1. The van der Waals surface area contributed by atoms with Gasteiger partial charge in [0.25, 0.3) is 5.56 Å². The second-order valence-electron chi connectivity index (χ2n) is 6.29. The van der Waals surface area contributed by atoms with E-state index < -0.39 is 17.2 Å². The van der Waals surface area contributed by atoms with Crippen molar-refractivity contribution in [2.45, 2.75) is 20.4 Å². The first-order valence-corrected chi connectivity index (χ1v) is 8.33. The van der Waals surface area contributed by atoms with Crippen LogP contribution in [0.3, 0.4) is 0 Å². The molecule has 0 aliphatic rings. The number of hydrogen-bond acceptors (Lipinski definition) is 5. The number of ether oxygens (including phenoxy) is 1. The van der Waals surface area contributed by atoms with E-state index in [1.54, 1.807) is 51.3 Å². The van der Waals surface area contributed by atoms with Gasteiger partial charge in [-0.2, -0.15) is 0 Å². The Bertz CT molecular complexity index is 1140. The number of hydrogen-bond donors (Lipinski definition) is 1. The first kappa shape index (κ1) is 18.4. The van der Waals surface area contributed by atoms with Crippen molar-refractivity contribution in [3.63, 3.8) is 0 Å². The number of rotatable bonds is 4. The molecule has 0 unspecified atom stereocenters. The highest BCUT2D eigenvalue weighted by atomic mass is 16.5. The van der Waals surface area contributed by atoms with Gasteiger partial charge in [0.2, 0.25) is 5.91 Å². The summed E-state index contributed by atoms with van der Waals surface area (Å²) in [7, 11) is 3.09. The monoisotopic (exact) mass is 368 g/mol. The topological polar surface area (TPSA) is 95.2 Å². The number of methoxy groups -OCH3 is 1. The van der Waals surface area contributed by atoms with Gasteiger partial charge in [-0.3, -0.25) is 18.7 Å². The molecular formula is C19H20N4O4. The number of amides is 1. The van der Waals surface area contributed by atoms with Crippen molar-refractivity contribution in [2.24, 2.45) is 7.05 Å². The van der Waals surface area contributed by atoms with Gasteiger partial charge in [-0.05, 0) is 49.7 Å². The van der Waals surface area contributed by atoms with Crippen LogP contribution in [-0.2, 0) is 18.4 Å². The van der Waals surface area contributed by atoms with Gasteiger partial charge >= 0.3 is 5.69 Å². The van der Waals surface area contributed by atoms with Crippen molar-refractivity contribution in [2.75, 3.05) is 12.4 Å². The van der Waals surface area contributed by atoms with Gasteiger partial charge in [0.15, 0.2) is 0 Å². The molecule has 3 rings (SSSR count). The number of nitrogens with one attached hydrogen (secondary N) is 1. The Morgan fingerprint density at radius 2 is 1.85 bits per heavy atom. The van der Waals surface area contributed by atoms with Gasteiger partial charge in [0.1, 0.15) is 17.9 Å². The van der Waals surface area contributed by atoms with E-state index in [1.165, 1.54) is 11.6 Å². The van der Waals surface area contributed by atoms with Gasteiger partial charge < -0.3 is 10.1 Å². The number of fused-ring (bicyclic) bond motifs is 1. The molecule has 3 aromatic rings. The smallest absolute Gasteiger partial charge is 0.332 e. The van der Waals surface area contributed by atoms with E-state index in [-0.39, 0.29) is 6.54 Å². The highest BCUT2D eigenvalue weighted by Crippen LogP contribution is 2.15. The zero-order valence-corrected chi connectivity index (χ0v) is 15.6. The number of benzene rings is 1. The molecule has 1 aromatic carbocycles. The summed E-state index contributed by atoms with van der Waals surface area (Å²) >= 11 is 0. The lowest BCUT2D eigenvalue weighted by Crippen LogP contribution is -2.42. The van der Waals surface area contributed by atoms with E-state index in [4.69, 9.17) is 4.74 Å². The predicted molar refractivity (Wildman–Crippen MR) is 102 cm³/mol. The van der Waals surface area contributed by atoms with Gasteiger partial charge in [-0.25, -0.2) is 9.78 Å². The lowest BCUT2D eigenvalue weighted by molar-refractivity contribution is -0.116. The first-order valence-electron chi connectivity index (χ1n) is 8.33. The van der Waals surface area contributed by atoms with E-state index in [0.29, 0.717) is 33.7 Å². The molecule has 0 atom stereocenters. The summed E-state index contributed by atoms with van der Waals surface area (Å²) in [5.41, 5.74) is 1.17. The Hall–Kier alpha value is -3.42. The maximum absolute atomic E-state index is 12.8. The van der Waals surface area contributed by atoms with E-state index >= 15 is 0 Å². The van der Waals surface area contributed by atoms with Crippen LogP contribution in [0.4, 0.5) is 5.69 Å². The van der Waals surface area contributed by atoms with Gasteiger partial charge in [-0.1, -0.05) is 0 Å². The van der Waals surface area contributed by atoms with Gasteiger partial charge in [0, 0.05) is 18.4 Å². The van der Waals surface area contributed by atoms with Crippen molar-refractivity contribution in [1.82, 2.24) is 14.1 Å². The van der Waals surface area contributed by atoms with Crippen LogP contribution in [0.25, 0.3) is 11.0 Å². The Kier molecular flexibility index (Phi) is 4.81.